The number of rotatable bonds is 4. The molecule has 1 fully saturated rings. The summed E-state index contributed by atoms with van der Waals surface area (Å²) < 4.78 is 5.60. The predicted molar refractivity (Wildman–Crippen MR) is 79.7 cm³/mol. The summed E-state index contributed by atoms with van der Waals surface area (Å²) in [7, 11) is 0. The summed E-state index contributed by atoms with van der Waals surface area (Å²) in [6, 6.07) is 10.1. The lowest BCUT2D eigenvalue weighted by atomic mass is 10.1. The first-order chi connectivity index (χ1) is 9.81. The molecule has 1 aromatic heterocycles. The van der Waals surface area contributed by atoms with Gasteiger partial charge in [0.2, 0.25) is 0 Å². The molecule has 1 N–H and O–H groups in total. The molecule has 4 nitrogen and oxygen atoms in total. The minimum Gasteiger partial charge on any atom is -0.376 e. The second-order valence-corrected chi connectivity index (χ2v) is 5.15. The maximum Gasteiger partial charge on any atom is 0.161 e. The number of hydrogen-bond donors (Lipinski definition) is 1. The molecule has 1 aromatic carbocycles. The Kier molecular flexibility index (Phi) is 3.92. The highest BCUT2D eigenvalue weighted by Crippen LogP contribution is 2.18. The first kappa shape index (κ1) is 13.1. The Balaban J connectivity index is 1.72. The van der Waals surface area contributed by atoms with E-state index < -0.39 is 0 Å². The molecule has 0 bridgehead atoms. The summed E-state index contributed by atoms with van der Waals surface area (Å²) >= 11 is 0. The van der Waals surface area contributed by atoms with Gasteiger partial charge in [-0.25, -0.2) is 9.97 Å². The third-order valence-electron chi connectivity index (χ3n) is 3.47. The van der Waals surface area contributed by atoms with Gasteiger partial charge in [-0.3, -0.25) is 0 Å². The van der Waals surface area contributed by atoms with Crippen LogP contribution in [0, 0.1) is 6.92 Å². The van der Waals surface area contributed by atoms with E-state index in [1.807, 2.05) is 18.2 Å². The zero-order valence-corrected chi connectivity index (χ0v) is 11.7. The smallest absolute Gasteiger partial charge is 0.161 e. The lowest BCUT2D eigenvalue weighted by Gasteiger charge is -2.11. The Labute approximate surface area is 119 Å². The van der Waals surface area contributed by atoms with Crippen molar-refractivity contribution in [3.05, 3.63) is 42.1 Å². The number of aromatic nitrogens is 2. The molecule has 0 saturated carbocycles. The Morgan fingerprint density at radius 1 is 1.35 bits per heavy atom. The van der Waals surface area contributed by atoms with E-state index in [0.29, 0.717) is 6.10 Å². The molecule has 1 saturated heterocycles. The maximum absolute atomic E-state index is 5.60. The van der Waals surface area contributed by atoms with E-state index in [0.717, 1.165) is 43.2 Å². The predicted octanol–water partition coefficient (Wildman–Crippen LogP) is 3.04. The fraction of sp³-hybridized carbons (Fsp3) is 0.375. The number of benzene rings is 1. The zero-order valence-electron chi connectivity index (χ0n) is 11.7. The molecular weight excluding hydrogens is 250 g/mol. The van der Waals surface area contributed by atoms with Crippen LogP contribution in [0.5, 0.6) is 0 Å². The molecule has 0 aliphatic carbocycles. The monoisotopic (exact) mass is 269 g/mol. The van der Waals surface area contributed by atoms with Crippen molar-refractivity contribution in [3.8, 4) is 11.4 Å². The molecule has 1 aliphatic rings. The molecule has 0 amide bonds. The van der Waals surface area contributed by atoms with E-state index in [1.54, 1.807) is 6.20 Å². The van der Waals surface area contributed by atoms with Crippen molar-refractivity contribution in [1.29, 1.82) is 0 Å². The Morgan fingerprint density at radius 3 is 3.10 bits per heavy atom. The van der Waals surface area contributed by atoms with E-state index in [9.17, 15) is 0 Å². The third-order valence-corrected chi connectivity index (χ3v) is 3.47. The Morgan fingerprint density at radius 2 is 2.30 bits per heavy atom. The fourth-order valence-electron chi connectivity index (χ4n) is 2.40. The van der Waals surface area contributed by atoms with Gasteiger partial charge in [-0.2, -0.15) is 0 Å². The van der Waals surface area contributed by atoms with Crippen LogP contribution >= 0.6 is 0 Å². The average molecular weight is 269 g/mol. The first-order valence-corrected chi connectivity index (χ1v) is 7.07. The quantitative estimate of drug-likeness (QED) is 0.926. The second-order valence-electron chi connectivity index (χ2n) is 5.15. The van der Waals surface area contributed by atoms with E-state index in [1.165, 1.54) is 5.56 Å². The molecule has 20 heavy (non-hydrogen) atoms. The van der Waals surface area contributed by atoms with Crippen LogP contribution in [-0.4, -0.2) is 29.2 Å². The van der Waals surface area contributed by atoms with Crippen LogP contribution in [-0.2, 0) is 4.74 Å². The molecule has 2 aromatic rings. The summed E-state index contributed by atoms with van der Waals surface area (Å²) in [5.41, 5.74) is 2.26. The maximum atomic E-state index is 5.60. The van der Waals surface area contributed by atoms with E-state index in [4.69, 9.17) is 4.74 Å². The van der Waals surface area contributed by atoms with Gasteiger partial charge in [-0.15, -0.1) is 0 Å². The number of hydrogen-bond acceptors (Lipinski definition) is 4. The summed E-state index contributed by atoms with van der Waals surface area (Å²) in [4.78, 5) is 8.92. The van der Waals surface area contributed by atoms with Crippen LogP contribution < -0.4 is 5.32 Å². The number of nitrogens with zero attached hydrogens (tertiary/aromatic N) is 2. The highest BCUT2D eigenvalue weighted by Gasteiger charge is 2.15. The van der Waals surface area contributed by atoms with Crippen molar-refractivity contribution in [2.75, 3.05) is 18.5 Å². The number of ether oxygens (including phenoxy) is 1. The Hall–Kier alpha value is -1.94. The van der Waals surface area contributed by atoms with Gasteiger partial charge in [-0.05, 0) is 31.9 Å². The summed E-state index contributed by atoms with van der Waals surface area (Å²) in [6.45, 7) is 3.76. The van der Waals surface area contributed by atoms with E-state index in [2.05, 4.69) is 34.3 Å². The standard InChI is InChI=1S/C16H19N3O/c1-12-4-2-5-13(10-12)16-17-8-7-15(19-16)18-11-14-6-3-9-20-14/h2,4-5,7-8,10,14H,3,6,9,11H2,1H3,(H,17,18,19). The van der Waals surface area contributed by atoms with Gasteiger partial charge in [0.15, 0.2) is 5.82 Å². The molecule has 0 radical (unpaired) electrons. The lowest BCUT2D eigenvalue weighted by Crippen LogP contribution is -2.19. The van der Waals surface area contributed by atoms with Gasteiger partial charge < -0.3 is 10.1 Å². The molecular formula is C16H19N3O. The molecule has 1 atom stereocenters. The molecule has 4 heteroatoms. The zero-order chi connectivity index (χ0) is 13.8. The highest BCUT2D eigenvalue weighted by atomic mass is 16.5. The molecule has 0 spiro atoms. The van der Waals surface area contributed by atoms with E-state index >= 15 is 0 Å². The largest absolute Gasteiger partial charge is 0.376 e. The van der Waals surface area contributed by atoms with Crippen molar-refractivity contribution in [3.63, 3.8) is 0 Å². The summed E-state index contributed by atoms with van der Waals surface area (Å²) in [5.74, 6) is 1.61. The van der Waals surface area contributed by atoms with Crippen LogP contribution in [0.3, 0.4) is 0 Å². The van der Waals surface area contributed by atoms with Crippen LogP contribution in [0.15, 0.2) is 36.5 Å². The van der Waals surface area contributed by atoms with Crippen LogP contribution in [0.2, 0.25) is 0 Å². The third kappa shape index (κ3) is 3.14. The van der Waals surface area contributed by atoms with Crippen LogP contribution in [0.1, 0.15) is 18.4 Å². The Bertz CT molecular complexity index is 579. The molecule has 1 aliphatic heterocycles. The van der Waals surface area contributed by atoms with Gasteiger partial charge in [0.1, 0.15) is 5.82 Å². The first-order valence-electron chi connectivity index (χ1n) is 7.07. The van der Waals surface area contributed by atoms with Gasteiger partial charge >= 0.3 is 0 Å². The van der Waals surface area contributed by atoms with Crippen molar-refractivity contribution in [1.82, 2.24) is 9.97 Å². The minimum atomic E-state index is 0.312. The molecule has 3 rings (SSSR count). The molecule has 1 unspecified atom stereocenters. The topological polar surface area (TPSA) is 47.0 Å². The molecule has 2 heterocycles. The lowest BCUT2D eigenvalue weighted by molar-refractivity contribution is 0.120. The normalized spacial score (nSPS) is 18.1. The number of anilines is 1. The van der Waals surface area contributed by atoms with Gasteiger partial charge in [0.25, 0.3) is 0 Å². The van der Waals surface area contributed by atoms with Crippen molar-refractivity contribution in [2.45, 2.75) is 25.9 Å². The van der Waals surface area contributed by atoms with Crippen LogP contribution in [0.4, 0.5) is 5.82 Å². The van der Waals surface area contributed by atoms with Crippen molar-refractivity contribution in [2.24, 2.45) is 0 Å². The molecule has 104 valence electrons. The van der Waals surface area contributed by atoms with Gasteiger partial charge in [0, 0.05) is 24.9 Å². The number of nitrogens with one attached hydrogen (secondary N) is 1. The highest BCUT2D eigenvalue weighted by molar-refractivity contribution is 5.57. The average Bonchev–Trinajstić information content (AvgIpc) is 2.99. The summed E-state index contributed by atoms with van der Waals surface area (Å²) in [5, 5.41) is 3.34. The van der Waals surface area contributed by atoms with Crippen molar-refractivity contribution < 1.29 is 4.74 Å². The fourth-order valence-corrected chi connectivity index (χ4v) is 2.40. The number of aryl methyl sites for hydroxylation is 1. The van der Waals surface area contributed by atoms with Crippen LogP contribution in [0.25, 0.3) is 11.4 Å². The van der Waals surface area contributed by atoms with Gasteiger partial charge in [0.05, 0.1) is 6.10 Å². The second kappa shape index (κ2) is 6.01. The van der Waals surface area contributed by atoms with Crippen molar-refractivity contribution >= 4 is 5.82 Å². The SMILES string of the molecule is Cc1cccc(-c2nccc(NCC3CCCO3)n2)c1. The van der Waals surface area contributed by atoms with E-state index in [-0.39, 0.29) is 0 Å². The van der Waals surface area contributed by atoms with Gasteiger partial charge in [-0.1, -0.05) is 23.8 Å². The summed E-state index contributed by atoms with van der Waals surface area (Å²) in [6.07, 6.45) is 4.39. The minimum absolute atomic E-state index is 0.312.